The molecule has 0 fully saturated rings. The number of nitrogens with one attached hydrogen (secondary N) is 4. The minimum atomic E-state index is -1.50. The standard InChI is InChI=1S/C20H33N9O7/c1-10(21)16(32)27-12(3-2-6-25-20(22)23)17(33)29-14(7-11-8-24-9-26-11)18(34)28-13(19(35)36)4-5-15(30)31/h8-10,12-14H,2-7,21H2,1H3,(H,24,26)(H,27,32)(H,28,34)(H,29,33)(H,30,31)(H,35,36)(H4,22,23,25). The highest BCUT2D eigenvalue weighted by Crippen LogP contribution is 2.06. The van der Waals surface area contributed by atoms with Gasteiger partial charge in [-0.05, 0) is 26.2 Å². The van der Waals surface area contributed by atoms with Gasteiger partial charge in [-0.1, -0.05) is 0 Å². The smallest absolute Gasteiger partial charge is 0.326 e. The molecule has 0 spiro atoms. The highest BCUT2D eigenvalue weighted by Gasteiger charge is 2.30. The number of aromatic amines is 1. The Balaban J connectivity index is 3.05. The molecule has 0 aliphatic carbocycles. The predicted molar refractivity (Wildman–Crippen MR) is 126 cm³/mol. The molecule has 200 valence electrons. The van der Waals surface area contributed by atoms with Crippen molar-refractivity contribution in [3.05, 3.63) is 18.2 Å². The zero-order chi connectivity index (χ0) is 27.3. The van der Waals surface area contributed by atoms with E-state index in [9.17, 15) is 29.1 Å². The van der Waals surface area contributed by atoms with E-state index in [4.69, 9.17) is 22.3 Å². The molecule has 16 heteroatoms. The van der Waals surface area contributed by atoms with Crippen LogP contribution in [-0.4, -0.2) is 86.5 Å². The normalized spacial score (nSPS) is 13.9. The number of aromatic nitrogens is 2. The first-order chi connectivity index (χ1) is 16.9. The average molecular weight is 512 g/mol. The first-order valence-corrected chi connectivity index (χ1v) is 11.0. The van der Waals surface area contributed by atoms with E-state index in [1.165, 1.54) is 19.4 Å². The number of aliphatic carboxylic acids is 2. The quantitative estimate of drug-likeness (QED) is 0.0603. The maximum absolute atomic E-state index is 13.1. The Morgan fingerprint density at radius 2 is 1.61 bits per heavy atom. The number of carboxylic acids is 2. The monoisotopic (exact) mass is 511 g/mol. The van der Waals surface area contributed by atoms with E-state index in [1.807, 2.05) is 0 Å². The number of nitrogens with two attached hydrogens (primary N) is 3. The van der Waals surface area contributed by atoms with Gasteiger partial charge in [0.25, 0.3) is 0 Å². The maximum atomic E-state index is 13.1. The van der Waals surface area contributed by atoms with Crippen molar-refractivity contribution in [2.45, 2.75) is 63.2 Å². The number of aliphatic imine (C=N–C) groups is 1. The number of hydrogen-bond donors (Lipinski definition) is 9. The average Bonchev–Trinajstić information content (AvgIpc) is 3.30. The maximum Gasteiger partial charge on any atom is 0.326 e. The van der Waals surface area contributed by atoms with Crippen LogP contribution in [0.2, 0.25) is 0 Å². The molecule has 1 rings (SSSR count). The van der Waals surface area contributed by atoms with E-state index in [2.05, 4.69) is 30.9 Å². The van der Waals surface area contributed by atoms with Crippen LogP contribution in [0.15, 0.2) is 17.5 Å². The van der Waals surface area contributed by atoms with Crippen molar-refractivity contribution in [2.24, 2.45) is 22.2 Å². The zero-order valence-electron chi connectivity index (χ0n) is 19.8. The van der Waals surface area contributed by atoms with Gasteiger partial charge in [0.2, 0.25) is 17.7 Å². The molecule has 16 nitrogen and oxygen atoms in total. The van der Waals surface area contributed by atoms with Crippen LogP contribution in [0.3, 0.4) is 0 Å². The van der Waals surface area contributed by atoms with Crippen molar-refractivity contribution in [1.82, 2.24) is 25.9 Å². The van der Waals surface area contributed by atoms with E-state index in [1.54, 1.807) is 0 Å². The van der Waals surface area contributed by atoms with Gasteiger partial charge >= 0.3 is 11.9 Å². The Hall–Kier alpha value is -4.21. The summed E-state index contributed by atoms with van der Waals surface area (Å²) in [6, 6.07) is -4.79. The van der Waals surface area contributed by atoms with Crippen LogP contribution in [0.4, 0.5) is 0 Å². The fourth-order valence-corrected chi connectivity index (χ4v) is 2.97. The third-order valence-electron chi connectivity index (χ3n) is 4.87. The Bertz CT molecular complexity index is 930. The Morgan fingerprint density at radius 3 is 2.14 bits per heavy atom. The van der Waals surface area contributed by atoms with Gasteiger partial charge in [0, 0.05) is 31.3 Å². The summed E-state index contributed by atoms with van der Waals surface area (Å²) in [4.78, 5) is 70.9. The topological polar surface area (TPSA) is 281 Å². The summed E-state index contributed by atoms with van der Waals surface area (Å²) in [5, 5.41) is 25.4. The Labute approximate surface area is 206 Å². The largest absolute Gasteiger partial charge is 0.481 e. The molecule has 0 saturated heterocycles. The third kappa shape index (κ3) is 11.3. The number of guanidine groups is 1. The van der Waals surface area contributed by atoms with Crippen LogP contribution < -0.4 is 33.2 Å². The van der Waals surface area contributed by atoms with E-state index in [0.717, 1.165) is 0 Å². The third-order valence-corrected chi connectivity index (χ3v) is 4.87. The fraction of sp³-hybridized carbons (Fsp3) is 0.550. The van der Waals surface area contributed by atoms with Gasteiger partial charge in [0.05, 0.1) is 12.4 Å². The minimum Gasteiger partial charge on any atom is -0.481 e. The number of amides is 3. The first kappa shape index (κ1) is 29.8. The number of carbonyl (C=O) groups is 5. The highest BCUT2D eigenvalue weighted by atomic mass is 16.4. The van der Waals surface area contributed by atoms with Crippen LogP contribution in [0.25, 0.3) is 0 Å². The van der Waals surface area contributed by atoms with Crippen molar-refractivity contribution in [3.8, 4) is 0 Å². The number of rotatable bonds is 16. The highest BCUT2D eigenvalue weighted by molar-refractivity contribution is 5.94. The van der Waals surface area contributed by atoms with Gasteiger partial charge in [-0.2, -0.15) is 0 Å². The summed E-state index contributed by atoms with van der Waals surface area (Å²) in [6.07, 6.45) is 2.24. The van der Waals surface area contributed by atoms with E-state index < -0.39 is 60.2 Å². The molecule has 4 unspecified atom stereocenters. The van der Waals surface area contributed by atoms with Gasteiger partial charge in [0.15, 0.2) is 5.96 Å². The second-order valence-corrected chi connectivity index (χ2v) is 7.97. The number of nitrogens with zero attached hydrogens (tertiary/aromatic N) is 2. The molecule has 0 radical (unpaired) electrons. The SMILES string of the molecule is CC(N)C(=O)NC(CCCN=C(N)N)C(=O)NC(Cc1cnc[nH]1)C(=O)NC(CCC(=O)O)C(=O)O. The molecule has 12 N–H and O–H groups in total. The number of H-pyrrole nitrogens is 1. The molecular formula is C20H33N9O7. The summed E-state index contributed by atoms with van der Waals surface area (Å²) in [5.41, 5.74) is 16.6. The first-order valence-electron chi connectivity index (χ1n) is 11.0. The predicted octanol–water partition coefficient (Wildman–Crippen LogP) is -3.24. The van der Waals surface area contributed by atoms with Crippen molar-refractivity contribution in [3.63, 3.8) is 0 Å². The van der Waals surface area contributed by atoms with Gasteiger partial charge in [-0.3, -0.25) is 24.2 Å². The van der Waals surface area contributed by atoms with E-state index >= 15 is 0 Å². The molecule has 0 aliphatic rings. The molecule has 36 heavy (non-hydrogen) atoms. The molecule has 0 saturated carbocycles. The molecule has 0 aromatic carbocycles. The lowest BCUT2D eigenvalue weighted by Crippen LogP contribution is -2.57. The molecule has 4 atom stereocenters. The molecule has 0 aliphatic heterocycles. The van der Waals surface area contributed by atoms with E-state index in [0.29, 0.717) is 12.1 Å². The number of imidazole rings is 1. The Morgan fingerprint density at radius 1 is 1.00 bits per heavy atom. The summed E-state index contributed by atoms with van der Waals surface area (Å²) in [5.74, 6) is -5.00. The number of hydrogen-bond acceptors (Lipinski definition) is 8. The molecule has 1 aromatic rings. The number of carboxylic acid groups (broad SMARTS) is 2. The summed E-state index contributed by atoms with van der Waals surface area (Å²) in [6.45, 7) is 1.61. The van der Waals surface area contributed by atoms with Crippen LogP contribution >= 0.6 is 0 Å². The number of carbonyl (C=O) groups excluding carboxylic acids is 3. The van der Waals surface area contributed by atoms with Crippen LogP contribution in [0.1, 0.15) is 38.3 Å². The van der Waals surface area contributed by atoms with Gasteiger partial charge in [0.1, 0.15) is 18.1 Å². The second-order valence-electron chi connectivity index (χ2n) is 7.97. The van der Waals surface area contributed by atoms with Crippen molar-refractivity contribution in [2.75, 3.05) is 6.54 Å². The van der Waals surface area contributed by atoms with Crippen LogP contribution in [0.5, 0.6) is 0 Å². The second kappa shape index (κ2) is 14.9. The summed E-state index contributed by atoms with van der Waals surface area (Å²) in [7, 11) is 0. The summed E-state index contributed by atoms with van der Waals surface area (Å²) >= 11 is 0. The molecule has 3 amide bonds. The molecule has 0 bridgehead atoms. The minimum absolute atomic E-state index is 0.0925. The van der Waals surface area contributed by atoms with Gasteiger partial charge < -0.3 is 48.3 Å². The molecule has 1 aromatic heterocycles. The summed E-state index contributed by atoms with van der Waals surface area (Å²) < 4.78 is 0. The zero-order valence-corrected chi connectivity index (χ0v) is 19.8. The van der Waals surface area contributed by atoms with Crippen molar-refractivity contribution < 1.29 is 34.2 Å². The van der Waals surface area contributed by atoms with Crippen molar-refractivity contribution in [1.29, 1.82) is 0 Å². The van der Waals surface area contributed by atoms with E-state index in [-0.39, 0.29) is 31.8 Å². The van der Waals surface area contributed by atoms with Gasteiger partial charge in [-0.25, -0.2) is 9.78 Å². The molecule has 1 heterocycles. The van der Waals surface area contributed by atoms with Crippen LogP contribution in [-0.2, 0) is 30.4 Å². The van der Waals surface area contributed by atoms with Crippen molar-refractivity contribution >= 4 is 35.6 Å². The van der Waals surface area contributed by atoms with Crippen LogP contribution in [0, 0.1) is 0 Å². The fourth-order valence-electron chi connectivity index (χ4n) is 2.97. The Kier molecular flexibility index (Phi) is 12.4. The molecular weight excluding hydrogens is 478 g/mol. The lowest BCUT2D eigenvalue weighted by atomic mass is 10.1. The van der Waals surface area contributed by atoms with Gasteiger partial charge in [-0.15, -0.1) is 0 Å². The lowest BCUT2D eigenvalue weighted by molar-refractivity contribution is -0.143. The lowest BCUT2D eigenvalue weighted by Gasteiger charge is -2.24.